The van der Waals surface area contributed by atoms with Gasteiger partial charge >= 0.3 is 0 Å². The fraction of sp³-hybridized carbons (Fsp3) is 0.647. The molecule has 0 amide bonds. The summed E-state index contributed by atoms with van der Waals surface area (Å²) in [6.45, 7) is 5.95. The summed E-state index contributed by atoms with van der Waals surface area (Å²) < 4.78 is 5.55. The quantitative estimate of drug-likeness (QED) is 0.424. The molecule has 0 unspecified atom stereocenters. The molecule has 1 N–H and O–H groups in total. The van der Waals surface area contributed by atoms with Gasteiger partial charge in [-0.05, 0) is 31.5 Å². The maximum absolute atomic E-state index is 5.96. The van der Waals surface area contributed by atoms with E-state index < -0.39 is 0 Å². The minimum atomic E-state index is 0.488. The lowest BCUT2D eigenvalue weighted by Gasteiger charge is -2.12. The van der Waals surface area contributed by atoms with E-state index in [-0.39, 0.29) is 0 Å². The van der Waals surface area contributed by atoms with Crippen LogP contribution in [0.4, 0.5) is 5.69 Å². The monoisotopic (exact) mass is 297 g/mol. The van der Waals surface area contributed by atoms with Crippen molar-refractivity contribution in [3.63, 3.8) is 0 Å². The van der Waals surface area contributed by atoms with Crippen molar-refractivity contribution in [2.45, 2.75) is 58.3 Å². The van der Waals surface area contributed by atoms with Gasteiger partial charge in [0.05, 0.1) is 12.5 Å². The first kappa shape index (κ1) is 17.2. The Bertz CT molecular complexity index is 368. The highest BCUT2D eigenvalue weighted by molar-refractivity contribution is 6.17. The van der Waals surface area contributed by atoms with Crippen LogP contribution in [0.25, 0.3) is 0 Å². The van der Waals surface area contributed by atoms with Crippen LogP contribution in [0.3, 0.4) is 0 Å². The third-order valence-electron chi connectivity index (χ3n) is 3.36. The molecule has 0 aliphatic carbocycles. The van der Waals surface area contributed by atoms with Crippen LogP contribution in [0.2, 0.25) is 0 Å². The lowest BCUT2D eigenvalue weighted by atomic mass is 10.1. The zero-order valence-corrected chi connectivity index (χ0v) is 13.6. The van der Waals surface area contributed by atoms with Gasteiger partial charge in [0.25, 0.3) is 0 Å². The number of hydrogen-bond donors (Lipinski definition) is 1. The molecule has 0 fully saturated rings. The maximum atomic E-state index is 5.96. The first-order valence-electron chi connectivity index (χ1n) is 7.87. The van der Waals surface area contributed by atoms with Gasteiger partial charge in [-0.25, -0.2) is 0 Å². The average molecular weight is 298 g/mol. The van der Waals surface area contributed by atoms with Crippen LogP contribution in [0.1, 0.15) is 57.9 Å². The van der Waals surface area contributed by atoms with Gasteiger partial charge in [-0.15, -0.1) is 11.6 Å². The molecule has 0 aromatic heterocycles. The molecule has 0 atom stereocenters. The van der Waals surface area contributed by atoms with Crippen molar-refractivity contribution in [1.82, 2.24) is 0 Å². The predicted molar refractivity (Wildman–Crippen MR) is 89.0 cm³/mol. The molecule has 0 spiro atoms. The second-order valence-electron chi connectivity index (χ2n) is 5.08. The number of rotatable bonds is 11. The summed E-state index contributed by atoms with van der Waals surface area (Å²) in [6, 6.07) is 6.16. The average Bonchev–Trinajstić information content (AvgIpc) is 2.48. The van der Waals surface area contributed by atoms with Crippen molar-refractivity contribution in [3.8, 4) is 5.75 Å². The van der Waals surface area contributed by atoms with Crippen molar-refractivity contribution in [1.29, 1.82) is 0 Å². The number of halogens is 1. The number of anilines is 1. The van der Waals surface area contributed by atoms with Crippen LogP contribution in [-0.4, -0.2) is 13.2 Å². The Morgan fingerprint density at radius 2 is 1.80 bits per heavy atom. The maximum Gasteiger partial charge on any atom is 0.123 e. The standard InChI is InChI=1S/C17H28ClNO/c1-3-5-6-7-8-9-12-19-16-10-11-17(20-4-2)15(13-16)14-18/h10-11,13,19H,3-9,12,14H2,1-2H3. The molecule has 0 bridgehead atoms. The fourth-order valence-corrected chi connectivity index (χ4v) is 2.44. The summed E-state index contributed by atoms with van der Waals surface area (Å²) in [5.74, 6) is 1.38. The Balaban J connectivity index is 2.29. The number of nitrogens with one attached hydrogen (secondary N) is 1. The van der Waals surface area contributed by atoms with E-state index in [0.717, 1.165) is 23.5 Å². The van der Waals surface area contributed by atoms with Crippen molar-refractivity contribution in [2.24, 2.45) is 0 Å². The second-order valence-corrected chi connectivity index (χ2v) is 5.35. The summed E-state index contributed by atoms with van der Waals surface area (Å²) >= 11 is 5.96. The van der Waals surface area contributed by atoms with E-state index in [1.54, 1.807) is 0 Å². The van der Waals surface area contributed by atoms with Gasteiger partial charge in [0, 0.05) is 17.8 Å². The van der Waals surface area contributed by atoms with Crippen LogP contribution in [0, 0.1) is 0 Å². The van der Waals surface area contributed by atoms with Crippen molar-refractivity contribution in [2.75, 3.05) is 18.5 Å². The van der Waals surface area contributed by atoms with Gasteiger partial charge < -0.3 is 10.1 Å². The summed E-state index contributed by atoms with van der Waals surface area (Å²) in [6.07, 6.45) is 7.94. The molecule has 20 heavy (non-hydrogen) atoms. The molecule has 2 nitrogen and oxygen atoms in total. The molecule has 0 radical (unpaired) electrons. The van der Waals surface area contributed by atoms with Crippen molar-refractivity contribution in [3.05, 3.63) is 23.8 Å². The number of ether oxygens (including phenoxy) is 1. The molecule has 0 saturated carbocycles. The highest BCUT2D eigenvalue weighted by Gasteiger charge is 2.03. The minimum absolute atomic E-state index is 0.488. The second kappa shape index (κ2) is 10.8. The molecule has 0 aliphatic heterocycles. The molecule has 1 aromatic carbocycles. The number of alkyl halides is 1. The number of unbranched alkanes of at least 4 members (excludes halogenated alkanes) is 5. The largest absolute Gasteiger partial charge is 0.494 e. The topological polar surface area (TPSA) is 21.3 Å². The molecule has 0 saturated heterocycles. The smallest absolute Gasteiger partial charge is 0.123 e. The Kier molecular flexibility index (Phi) is 9.31. The molecule has 3 heteroatoms. The predicted octanol–water partition coefficient (Wildman–Crippen LogP) is 5.60. The number of hydrogen-bond acceptors (Lipinski definition) is 2. The van der Waals surface area contributed by atoms with Gasteiger partial charge in [0.2, 0.25) is 0 Å². The number of benzene rings is 1. The van der Waals surface area contributed by atoms with Crippen LogP contribution >= 0.6 is 11.6 Å². The Labute approximate surface area is 128 Å². The lowest BCUT2D eigenvalue weighted by Crippen LogP contribution is -2.03. The summed E-state index contributed by atoms with van der Waals surface area (Å²) in [4.78, 5) is 0. The first-order valence-corrected chi connectivity index (χ1v) is 8.40. The summed E-state index contributed by atoms with van der Waals surface area (Å²) in [5.41, 5.74) is 2.19. The third kappa shape index (κ3) is 6.51. The van der Waals surface area contributed by atoms with Gasteiger partial charge in [0.15, 0.2) is 0 Å². The molecular formula is C17H28ClNO. The molecular weight excluding hydrogens is 270 g/mol. The zero-order chi connectivity index (χ0) is 14.6. The summed E-state index contributed by atoms with van der Waals surface area (Å²) in [5, 5.41) is 3.47. The van der Waals surface area contributed by atoms with Crippen LogP contribution < -0.4 is 10.1 Å². The Hall–Kier alpha value is -0.890. The minimum Gasteiger partial charge on any atom is -0.494 e. The zero-order valence-electron chi connectivity index (χ0n) is 12.9. The van der Waals surface area contributed by atoms with E-state index in [1.807, 2.05) is 13.0 Å². The van der Waals surface area contributed by atoms with Gasteiger partial charge in [-0.3, -0.25) is 0 Å². The van der Waals surface area contributed by atoms with E-state index in [4.69, 9.17) is 16.3 Å². The lowest BCUT2D eigenvalue weighted by molar-refractivity contribution is 0.337. The van der Waals surface area contributed by atoms with Gasteiger partial charge in [-0.1, -0.05) is 39.0 Å². The van der Waals surface area contributed by atoms with Crippen LogP contribution in [-0.2, 0) is 5.88 Å². The fourth-order valence-electron chi connectivity index (χ4n) is 2.23. The van der Waals surface area contributed by atoms with E-state index in [2.05, 4.69) is 24.4 Å². The van der Waals surface area contributed by atoms with E-state index >= 15 is 0 Å². The highest BCUT2D eigenvalue weighted by Crippen LogP contribution is 2.24. The normalized spacial score (nSPS) is 10.6. The Morgan fingerprint density at radius 1 is 1.05 bits per heavy atom. The van der Waals surface area contributed by atoms with Crippen molar-refractivity contribution < 1.29 is 4.74 Å². The molecule has 0 heterocycles. The van der Waals surface area contributed by atoms with Gasteiger partial charge in [0.1, 0.15) is 5.75 Å². The Morgan fingerprint density at radius 3 is 2.50 bits per heavy atom. The van der Waals surface area contributed by atoms with Crippen LogP contribution in [0.15, 0.2) is 18.2 Å². The first-order chi connectivity index (χ1) is 9.81. The van der Waals surface area contributed by atoms with E-state index in [1.165, 1.54) is 38.5 Å². The molecule has 1 aromatic rings. The molecule has 0 aliphatic rings. The SMILES string of the molecule is CCCCCCCCNc1ccc(OCC)c(CCl)c1. The highest BCUT2D eigenvalue weighted by atomic mass is 35.5. The molecule has 1 rings (SSSR count). The van der Waals surface area contributed by atoms with Crippen molar-refractivity contribution >= 4 is 17.3 Å². The third-order valence-corrected chi connectivity index (χ3v) is 3.65. The van der Waals surface area contributed by atoms with Gasteiger partial charge in [-0.2, -0.15) is 0 Å². The van der Waals surface area contributed by atoms with Crippen LogP contribution in [0.5, 0.6) is 5.75 Å². The van der Waals surface area contributed by atoms with E-state index in [9.17, 15) is 0 Å². The summed E-state index contributed by atoms with van der Waals surface area (Å²) in [7, 11) is 0. The molecule has 114 valence electrons. The van der Waals surface area contributed by atoms with E-state index in [0.29, 0.717) is 12.5 Å².